The third-order valence-corrected chi connectivity index (χ3v) is 2.95. The lowest BCUT2D eigenvalue weighted by Crippen LogP contribution is -2.27. The Kier molecular flexibility index (Phi) is 4.50. The third kappa shape index (κ3) is 5.10. The summed E-state index contributed by atoms with van der Waals surface area (Å²) in [7, 11) is 0. The number of aldehydes is 1. The van der Waals surface area contributed by atoms with Gasteiger partial charge in [-0.25, -0.2) is 4.79 Å². The van der Waals surface area contributed by atoms with Crippen LogP contribution in [0.5, 0.6) is 5.75 Å². The van der Waals surface area contributed by atoms with E-state index >= 15 is 0 Å². The number of hydrogen-bond donors (Lipinski definition) is 1. The van der Waals surface area contributed by atoms with E-state index in [-0.39, 0.29) is 0 Å². The van der Waals surface area contributed by atoms with Gasteiger partial charge in [0.05, 0.1) is 12.3 Å². The van der Waals surface area contributed by atoms with Crippen molar-refractivity contribution in [1.29, 1.82) is 0 Å². The minimum Gasteiger partial charge on any atom is -0.491 e. The van der Waals surface area contributed by atoms with Gasteiger partial charge in [0.2, 0.25) is 0 Å². The fraction of sp³-hybridized carbons (Fsp3) is 0.500. The molecule has 5 nitrogen and oxygen atoms in total. The first-order valence-electron chi connectivity index (χ1n) is 7.09. The summed E-state index contributed by atoms with van der Waals surface area (Å²) in [4.78, 5) is 22.7. The molecule has 1 aromatic rings. The number of carbonyl (C=O) groups is 2. The van der Waals surface area contributed by atoms with Crippen molar-refractivity contribution >= 4 is 18.1 Å². The predicted molar refractivity (Wildman–Crippen MR) is 79.9 cm³/mol. The number of benzene rings is 1. The van der Waals surface area contributed by atoms with E-state index in [0.29, 0.717) is 29.5 Å². The fourth-order valence-electron chi connectivity index (χ4n) is 1.74. The van der Waals surface area contributed by atoms with Crippen molar-refractivity contribution in [3.63, 3.8) is 0 Å². The summed E-state index contributed by atoms with van der Waals surface area (Å²) in [6.45, 7) is 6.00. The van der Waals surface area contributed by atoms with Crippen LogP contribution in [0.2, 0.25) is 0 Å². The Morgan fingerprint density at radius 3 is 2.67 bits per heavy atom. The molecule has 0 aromatic heterocycles. The monoisotopic (exact) mass is 291 g/mol. The molecule has 0 unspecified atom stereocenters. The van der Waals surface area contributed by atoms with Crippen molar-refractivity contribution in [2.75, 3.05) is 11.9 Å². The maximum absolute atomic E-state index is 11.8. The van der Waals surface area contributed by atoms with Gasteiger partial charge in [0.1, 0.15) is 17.6 Å². The highest BCUT2D eigenvalue weighted by Crippen LogP contribution is 2.32. The van der Waals surface area contributed by atoms with E-state index < -0.39 is 11.7 Å². The van der Waals surface area contributed by atoms with Crippen LogP contribution in [0.25, 0.3) is 0 Å². The van der Waals surface area contributed by atoms with Crippen LogP contribution in [-0.4, -0.2) is 24.6 Å². The first kappa shape index (κ1) is 15.4. The molecule has 5 heteroatoms. The van der Waals surface area contributed by atoms with E-state index in [1.165, 1.54) is 12.8 Å². The Hall–Kier alpha value is -2.04. The van der Waals surface area contributed by atoms with E-state index in [9.17, 15) is 9.59 Å². The molecule has 114 valence electrons. The fourth-order valence-corrected chi connectivity index (χ4v) is 1.74. The Morgan fingerprint density at radius 2 is 2.10 bits per heavy atom. The molecule has 2 rings (SSSR count). The molecule has 1 aliphatic carbocycles. The molecule has 1 fully saturated rings. The van der Waals surface area contributed by atoms with Crippen LogP contribution in [0.1, 0.15) is 44.0 Å². The van der Waals surface area contributed by atoms with Crippen molar-refractivity contribution in [2.45, 2.75) is 39.2 Å². The van der Waals surface area contributed by atoms with E-state index in [4.69, 9.17) is 9.47 Å². The summed E-state index contributed by atoms with van der Waals surface area (Å²) in [6.07, 6.45) is 2.55. The largest absolute Gasteiger partial charge is 0.491 e. The van der Waals surface area contributed by atoms with Crippen molar-refractivity contribution in [3.05, 3.63) is 23.8 Å². The van der Waals surface area contributed by atoms with Crippen molar-refractivity contribution < 1.29 is 19.1 Å². The zero-order chi connectivity index (χ0) is 15.5. The molecule has 0 saturated heterocycles. The minimum absolute atomic E-state index is 0.498. The number of nitrogens with one attached hydrogen (secondary N) is 1. The molecule has 1 aromatic carbocycles. The number of carbonyl (C=O) groups excluding carboxylic acids is 2. The van der Waals surface area contributed by atoms with Gasteiger partial charge in [0, 0.05) is 5.56 Å². The average Bonchev–Trinajstić information content (AvgIpc) is 3.19. The minimum atomic E-state index is -0.568. The van der Waals surface area contributed by atoms with Crippen LogP contribution >= 0.6 is 0 Å². The normalized spacial score (nSPS) is 14.4. The molecule has 1 saturated carbocycles. The maximum atomic E-state index is 11.8. The first-order chi connectivity index (χ1) is 9.87. The van der Waals surface area contributed by atoms with Gasteiger partial charge in [-0.15, -0.1) is 0 Å². The lowest BCUT2D eigenvalue weighted by atomic mass is 10.2. The quantitative estimate of drug-likeness (QED) is 0.841. The first-order valence-corrected chi connectivity index (χ1v) is 7.09. The topological polar surface area (TPSA) is 64.6 Å². The molecule has 1 N–H and O–H groups in total. The predicted octanol–water partition coefficient (Wildman–Crippen LogP) is 3.63. The highest BCUT2D eigenvalue weighted by molar-refractivity contribution is 5.88. The highest BCUT2D eigenvalue weighted by atomic mass is 16.6. The number of rotatable bonds is 5. The van der Waals surface area contributed by atoms with Gasteiger partial charge < -0.3 is 9.47 Å². The Labute approximate surface area is 124 Å². The number of hydrogen-bond acceptors (Lipinski definition) is 4. The Balaban J connectivity index is 2.08. The van der Waals surface area contributed by atoms with Crippen LogP contribution in [0.15, 0.2) is 18.2 Å². The summed E-state index contributed by atoms with van der Waals surface area (Å²) in [5, 5.41) is 2.66. The third-order valence-electron chi connectivity index (χ3n) is 2.95. The van der Waals surface area contributed by atoms with Gasteiger partial charge in [-0.1, -0.05) is 0 Å². The number of anilines is 1. The molecule has 1 aliphatic rings. The van der Waals surface area contributed by atoms with E-state index in [1.807, 2.05) is 0 Å². The van der Waals surface area contributed by atoms with Gasteiger partial charge in [-0.05, 0) is 57.7 Å². The van der Waals surface area contributed by atoms with Crippen molar-refractivity contribution in [2.24, 2.45) is 5.92 Å². The van der Waals surface area contributed by atoms with Gasteiger partial charge in [-0.2, -0.15) is 0 Å². The van der Waals surface area contributed by atoms with E-state index in [1.54, 1.807) is 39.0 Å². The highest BCUT2D eigenvalue weighted by Gasteiger charge is 2.23. The maximum Gasteiger partial charge on any atom is 0.412 e. The van der Waals surface area contributed by atoms with Crippen LogP contribution < -0.4 is 10.1 Å². The second kappa shape index (κ2) is 6.16. The van der Waals surface area contributed by atoms with Gasteiger partial charge in [-0.3, -0.25) is 10.1 Å². The molecule has 0 spiro atoms. The van der Waals surface area contributed by atoms with Crippen LogP contribution in [0, 0.1) is 5.92 Å². The standard InChI is InChI=1S/C16H21NO4/c1-16(2,3)21-15(19)17-13-7-6-12(9-18)8-14(13)20-10-11-4-5-11/h6-9,11H,4-5,10H2,1-3H3,(H,17,19). The van der Waals surface area contributed by atoms with Crippen molar-refractivity contribution in [3.8, 4) is 5.75 Å². The van der Waals surface area contributed by atoms with Crippen molar-refractivity contribution in [1.82, 2.24) is 0 Å². The second-order valence-electron chi connectivity index (χ2n) is 6.25. The smallest absolute Gasteiger partial charge is 0.412 e. The van der Waals surface area contributed by atoms with Crippen LogP contribution in [-0.2, 0) is 4.74 Å². The molecular weight excluding hydrogens is 270 g/mol. The molecule has 21 heavy (non-hydrogen) atoms. The second-order valence-corrected chi connectivity index (χ2v) is 6.25. The average molecular weight is 291 g/mol. The summed E-state index contributed by atoms with van der Waals surface area (Å²) >= 11 is 0. The van der Waals surface area contributed by atoms with Gasteiger partial charge >= 0.3 is 6.09 Å². The lowest BCUT2D eigenvalue weighted by molar-refractivity contribution is 0.0635. The molecule has 0 aliphatic heterocycles. The number of amides is 1. The molecule has 0 heterocycles. The van der Waals surface area contributed by atoms with Crippen LogP contribution in [0.3, 0.4) is 0 Å². The van der Waals surface area contributed by atoms with E-state index in [0.717, 1.165) is 6.29 Å². The SMILES string of the molecule is CC(C)(C)OC(=O)Nc1ccc(C=O)cc1OCC1CC1. The zero-order valence-electron chi connectivity index (χ0n) is 12.6. The Morgan fingerprint density at radius 1 is 1.38 bits per heavy atom. The summed E-state index contributed by atoms with van der Waals surface area (Å²) in [5.74, 6) is 1.08. The summed E-state index contributed by atoms with van der Waals surface area (Å²) in [5.41, 5.74) is 0.452. The van der Waals surface area contributed by atoms with Gasteiger partial charge in [0.25, 0.3) is 0 Å². The van der Waals surface area contributed by atoms with Crippen LogP contribution in [0.4, 0.5) is 10.5 Å². The Bertz CT molecular complexity index is 530. The lowest BCUT2D eigenvalue weighted by Gasteiger charge is -2.20. The van der Waals surface area contributed by atoms with E-state index in [2.05, 4.69) is 5.32 Å². The van der Waals surface area contributed by atoms with Gasteiger partial charge in [0.15, 0.2) is 0 Å². The molecule has 0 radical (unpaired) electrons. The molecule has 0 atom stereocenters. The summed E-state index contributed by atoms with van der Waals surface area (Å²) < 4.78 is 10.9. The zero-order valence-corrected chi connectivity index (χ0v) is 12.6. The molecular formula is C16H21NO4. The number of ether oxygens (including phenoxy) is 2. The molecule has 0 bridgehead atoms. The summed E-state index contributed by atoms with van der Waals surface area (Å²) in [6, 6.07) is 4.90. The molecule has 1 amide bonds.